The van der Waals surface area contributed by atoms with Crippen LogP contribution in [-0.4, -0.2) is 86.2 Å². The Morgan fingerprint density at radius 2 is 1.68 bits per heavy atom. The van der Waals surface area contributed by atoms with Crippen LogP contribution in [0.4, 0.5) is 23.8 Å². The molecule has 0 spiro atoms. The number of rotatable bonds is 5. The molecule has 2 atom stereocenters. The molecule has 3 rings (SSSR count). The van der Waals surface area contributed by atoms with Crippen molar-refractivity contribution >= 4 is 20.2 Å². The smallest absolute Gasteiger partial charge is 0.433 e. The first-order valence-electron chi connectivity index (χ1n) is 13.0. The molecule has 1 aromatic heterocycles. The van der Waals surface area contributed by atoms with Crippen molar-refractivity contribution in [2.75, 3.05) is 44.2 Å². The van der Waals surface area contributed by atoms with Crippen molar-refractivity contribution in [2.45, 2.75) is 90.0 Å². The zero-order chi connectivity index (χ0) is 27.8. The molecule has 1 amide bonds. The van der Waals surface area contributed by atoms with Gasteiger partial charge in [-0.1, -0.05) is 26.8 Å². The number of hydrogen-bond donors (Lipinski definition) is 0. The average Bonchev–Trinajstić information content (AvgIpc) is 3.13. The lowest BCUT2D eigenvalue weighted by Gasteiger charge is -2.38. The second kappa shape index (κ2) is 10.7. The van der Waals surface area contributed by atoms with Crippen molar-refractivity contribution in [3.63, 3.8) is 0 Å². The highest BCUT2D eigenvalue weighted by Crippen LogP contribution is 2.39. The quantitative estimate of drug-likeness (QED) is 0.449. The number of carbonyl (C=O) groups excluding carboxylic acids is 1. The third kappa shape index (κ3) is 7.83. The van der Waals surface area contributed by atoms with Crippen LogP contribution in [0.25, 0.3) is 0 Å². The van der Waals surface area contributed by atoms with E-state index >= 15 is 0 Å². The van der Waals surface area contributed by atoms with Crippen molar-refractivity contribution in [2.24, 2.45) is 0 Å². The van der Waals surface area contributed by atoms with Gasteiger partial charge in [-0.25, -0.2) is 9.78 Å². The number of halogens is 3. The van der Waals surface area contributed by atoms with E-state index in [4.69, 9.17) is 9.16 Å². The minimum atomic E-state index is -4.46. The van der Waals surface area contributed by atoms with Gasteiger partial charge in [0.1, 0.15) is 17.1 Å². The van der Waals surface area contributed by atoms with E-state index in [1.54, 1.807) is 6.07 Å². The Balaban J connectivity index is 1.66. The summed E-state index contributed by atoms with van der Waals surface area (Å²) in [7, 11) is -2.01. The summed E-state index contributed by atoms with van der Waals surface area (Å²) >= 11 is 0. The Bertz CT molecular complexity index is 938. The largest absolute Gasteiger partial charge is 0.444 e. The number of nitrogens with zero attached hydrogens (tertiary/aromatic N) is 4. The van der Waals surface area contributed by atoms with Crippen LogP contribution in [0.5, 0.6) is 0 Å². The van der Waals surface area contributed by atoms with Gasteiger partial charge in [0.2, 0.25) is 0 Å². The number of amides is 1. The molecule has 11 heteroatoms. The minimum absolute atomic E-state index is 0.0472. The van der Waals surface area contributed by atoms with E-state index < -0.39 is 25.8 Å². The second-order valence-corrected chi connectivity index (χ2v) is 17.4. The number of ether oxygens (including phenoxy) is 1. The molecule has 0 saturated carbocycles. The zero-order valence-corrected chi connectivity index (χ0v) is 24.5. The van der Waals surface area contributed by atoms with E-state index in [2.05, 4.69) is 43.7 Å². The first kappa shape index (κ1) is 29.7. The van der Waals surface area contributed by atoms with Crippen LogP contribution >= 0.6 is 0 Å². The van der Waals surface area contributed by atoms with Gasteiger partial charge in [0.05, 0.1) is 12.1 Å². The summed E-state index contributed by atoms with van der Waals surface area (Å²) in [4.78, 5) is 22.9. The van der Waals surface area contributed by atoms with E-state index in [9.17, 15) is 18.0 Å². The van der Waals surface area contributed by atoms with Crippen molar-refractivity contribution in [1.29, 1.82) is 0 Å². The molecule has 0 aliphatic carbocycles. The standard InChI is InChI=1S/C26H43F3N4O3Si/c1-24(2,3)35-23(34)33-18-20(36-37(7,8)25(4,5)6)16-19(33)17-31-12-14-32(15-13-31)22-11-9-10-21(30-22)26(27,28)29/h9-11,19-20H,12-18H2,1-8H3/t19-,20+/m0/s1. The lowest BCUT2D eigenvalue weighted by Crippen LogP contribution is -2.51. The van der Waals surface area contributed by atoms with Crippen LogP contribution < -0.4 is 4.90 Å². The number of hydrogen-bond acceptors (Lipinski definition) is 6. The number of pyridine rings is 1. The van der Waals surface area contributed by atoms with Crippen LogP contribution in [0.1, 0.15) is 53.7 Å². The molecule has 2 aliphatic heterocycles. The average molecular weight is 545 g/mol. The van der Waals surface area contributed by atoms with Crippen molar-refractivity contribution in [3.8, 4) is 0 Å². The Hall–Kier alpha value is -1.85. The van der Waals surface area contributed by atoms with Gasteiger partial charge in [0, 0.05) is 39.3 Å². The van der Waals surface area contributed by atoms with Crippen LogP contribution in [0.3, 0.4) is 0 Å². The van der Waals surface area contributed by atoms with E-state index in [1.165, 1.54) is 6.07 Å². The second-order valence-electron chi connectivity index (χ2n) is 12.7. The van der Waals surface area contributed by atoms with Crippen molar-refractivity contribution in [1.82, 2.24) is 14.8 Å². The topological polar surface area (TPSA) is 58.1 Å². The summed E-state index contributed by atoms with van der Waals surface area (Å²) in [6.07, 6.45) is -4.10. The van der Waals surface area contributed by atoms with Gasteiger partial charge in [-0.3, -0.25) is 4.90 Å². The van der Waals surface area contributed by atoms with Crippen molar-refractivity contribution in [3.05, 3.63) is 23.9 Å². The summed E-state index contributed by atoms with van der Waals surface area (Å²) in [6.45, 7) is 20.3. The lowest BCUT2D eigenvalue weighted by molar-refractivity contribution is -0.141. The molecule has 1 aromatic rings. The van der Waals surface area contributed by atoms with E-state index in [0.717, 1.165) is 12.5 Å². The van der Waals surface area contributed by atoms with Gasteiger partial charge in [-0.15, -0.1) is 0 Å². The molecular weight excluding hydrogens is 501 g/mol. The Labute approximate surface area is 220 Å². The van der Waals surface area contributed by atoms with Gasteiger partial charge in [0.25, 0.3) is 0 Å². The summed E-state index contributed by atoms with van der Waals surface area (Å²) in [5, 5.41) is 0.0651. The maximum Gasteiger partial charge on any atom is 0.433 e. The summed E-state index contributed by atoms with van der Waals surface area (Å²) in [5.74, 6) is 0.341. The van der Waals surface area contributed by atoms with E-state index in [0.29, 0.717) is 45.1 Å². The van der Waals surface area contributed by atoms with Gasteiger partial charge in [0.15, 0.2) is 8.32 Å². The normalized spacial score (nSPS) is 22.5. The number of alkyl halides is 3. The molecule has 0 radical (unpaired) electrons. The van der Waals surface area contributed by atoms with Crippen LogP contribution in [0, 0.1) is 0 Å². The fraction of sp³-hybridized carbons (Fsp3) is 0.769. The predicted molar refractivity (Wildman–Crippen MR) is 141 cm³/mol. The number of carbonyl (C=O) groups is 1. The fourth-order valence-electron chi connectivity index (χ4n) is 4.48. The first-order valence-corrected chi connectivity index (χ1v) is 16.0. The highest BCUT2D eigenvalue weighted by Gasteiger charge is 2.45. The highest BCUT2D eigenvalue weighted by atomic mass is 28.4. The molecule has 3 heterocycles. The van der Waals surface area contributed by atoms with Gasteiger partial charge in [-0.05, 0) is 57.5 Å². The number of likely N-dealkylation sites (tertiary alicyclic amines) is 1. The molecule has 2 fully saturated rings. The first-order chi connectivity index (χ1) is 16.9. The molecule has 2 saturated heterocycles. The zero-order valence-electron chi connectivity index (χ0n) is 23.5. The van der Waals surface area contributed by atoms with Gasteiger partial charge < -0.3 is 19.0 Å². The summed E-state index contributed by atoms with van der Waals surface area (Å²) < 4.78 is 51.7. The monoisotopic (exact) mass is 544 g/mol. The molecule has 37 heavy (non-hydrogen) atoms. The summed E-state index contributed by atoms with van der Waals surface area (Å²) in [6, 6.07) is 3.96. The number of piperazine rings is 1. The Morgan fingerprint density at radius 3 is 2.22 bits per heavy atom. The molecule has 0 bridgehead atoms. The fourth-order valence-corrected chi connectivity index (χ4v) is 5.84. The molecule has 0 N–H and O–H groups in total. The Kier molecular flexibility index (Phi) is 8.61. The molecular formula is C26H43F3N4O3Si. The molecule has 210 valence electrons. The summed E-state index contributed by atoms with van der Waals surface area (Å²) in [5.41, 5.74) is -1.47. The maximum atomic E-state index is 13.1. The van der Waals surface area contributed by atoms with Crippen LogP contribution in [0.2, 0.25) is 18.1 Å². The lowest BCUT2D eigenvalue weighted by atomic mass is 10.1. The molecule has 0 unspecified atom stereocenters. The molecule has 7 nitrogen and oxygen atoms in total. The number of aromatic nitrogens is 1. The third-order valence-corrected chi connectivity index (χ3v) is 12.0. The van der Waals surface area contributed by atoms with Gasteiger partial charge >= 0.3 is 12.3 Å². The Morgan fingerprint density at radius 1 is 1.05 bits per heavy atom. The predicted octanol–water partition coefficient (Wildman–Crippen LogP) is 5.62. The van der Waals surface area contributed by atoms with Crippen molar-refractivity contribution < 1.29 is 27.1 Å². The molecule has 2 aliphatic rings. The SMILES string of the molecule is CC(C)(C)OC(=O)N1C[C@H](O[Si](C)(C)C(C)(C)C)C[C@H]1CN1CCN(c2cccc(C(F)(F)F)n2)CC1. The number of anilines is 1. The highest BCUT2D eigenvalue weighted by molar-refractivity contribution is 6.74. The third-order valence-electron chi connectivity index (χ3n) is 7.46. The van der Waals surface area contributed by atoms with E-state index in [1.807, 2.05) is 30.6 Å². The van der Waals surface area contributed by atoms with Crippen LogP contribution in [-0.2, 0) is 15.3 Å². The van der Waals surface area contributed by atoms with E-state index in [-0.39, 0.29) is 23.3 Å². The minimum Gasteiger partial charge on any atom is -0.444 e. The van der Waals surface area contributed by atoms with Crippen LogP contribution in [0.15, 0.2) is 18.2 Å². The maximum absolute atomic E-state index is 13.1. The molecule has 0 aromatic carbocycles. The van der Waals surface area contributed by atoms with Gasteiger partial charge in [-0.2, -0.15) is 13.2 Å².